The first-order valence-electron chi connectivity index (χ1n) is 7.98. The van der Waals surface area contributed by atoms with Gasteiger partial charge >= 0.3 is 0 Å². The van der Waals surface area contributed by atoms with E-state index in [0.717, 1.165) is 51.5 Å². The predicted molar refractivity (Wildman–Crippen MR) is 77.2 cm³/mol. The molecule has 3 atom stereocenters. The maximum atomic E-state index is 12.0. The second-order valence-electron chi connectivity index (χ2n) is 6.52. The van der Waals surface area contributed by atoms with Gasteiger partial charge in [0.05, 0.1) is 6.61 Å². The van der Waals surface area contributed by atoms with Crippen LogP contribution in [0.1, 0.15) is 45.4 Å². The third-order valence-corrected chi connectivity index (χ3v) is 4.81. The van der Waals surface area contributed by atoms with Gasteiger partial charge in [0, 0.05) is 32.0 Å². The van der Waals surface area contributed by atoms with E-state index in [1.165, 1.54) is 19.3 Å². The predicted octanol–water partition coefficient (Wildman–Crippen LogP) is 2.74. The van der Waals surface area contributed by atoms with Gasteiger partial charge in [0.1, 0.15) is 5.78 Å². The Labute approximate surface area is 117 Å². The van der Waals surface area contributed by atoms with E-state index < -0.39 is 0 Å². The highest BCUT2D eigenvalue weighted by molar-refractivity contribution is 5.81. The fourth-order valence-corrected chi connectivity index (χ4v) is 3.59. The first-order chi connectivity index (χ1) is 9.19. The molecule has 0 aromatic rings. The van der Waals surface area contributed by atoms with Gasteiger partial charge in [-0.3, -0.25) is 4.79 Å². The quantitative estimate of drug-likeness (QED) is 0.767. The molecule has 2 fully saturated rings. The number of hydrogen-bond acceptors (Lipinski definition) is 3. The van der Waals surface area contributed by atoms with Crippen molar-refractivity contribution in [2.75, 3.05) is 33.4 Å². The lowest BCUT2D eigenvalue weighted by molar-refractivity contribution is -0.126. The molecular weight excluding hydrogens is 238 g/mol. The van der Waals surface area contributed by atoms with E-state index in [1.807, 2.05) is 0 Å². The Morgan fingerprint density at radius 1 is 1.26 bits per heavy atom. The fourth-order valence-electron chi connectivity index (χ4n) is 3.59. The minimum absolute atomic E-state index is 0.285. The molecule has 0 spiro atoms. The van der Waals surface area contributed by atoms with Crippen molar-refractivity contribution in [3.05, 3.63) is 0 Å². The van der Waals surface area contributed by atoms with E-state index in [9.17, 15) is 4.79 Å². The maximum Gasteiger partial charge on any atom is 0.137 e. The SMILES string of the molecule is CCC1CCC(=O)C(CN(C)CC2CCCOC2)C1. The Bertz CT molecular complexity index is 286. The molecule has 0 radical (unpaired) electrons. The van der Waals surface area contributed by atoms with E-state index in [1.54, 1.807) is 0 Å². The normalized spacial score (nSPS) is 32.8. The molecule has 0 aromatic carbocycles. The van der Waals surface area contributed by atoms with Crippen LogP contribution in [0.25, 0.3) is 0 Å². The molecule has 19 heavy (non-hydrogen) atoms. The van der Waals surface area contributed by atoms with E-state index in [4.69, 9.17) is 4.74 Å². The molecular formula is C16H29NO2. The third-order valence-electron chi connectivity index (χ3n) is 4.81. The van der Waals surface area contributed by atoms with Crippen molar-refractivity contribution in [2.45, 2.75) is 45.4 Å². The second kappa shape index (κ2) is 7.39. The second-order valence-corrected chi connectivity index (χ2v) is 6.52. The van der Waals surface area contributed by atoms with Crippen molar-refractivity contribution >= 4 is 5.78 Å². The molecule has 2 rings (SSSR count). The van der Waals surface area contributed by atoms with Crippen LogP contribution in [-0.2, 0) is 9.53 Å². The van der Waals surface area contributed by atoms with E-state index in [-0.39, 0.29) is 5.92 Å². The zero-order chi connectivity index (χ0) is 13.7. The lowest BCUT2D eigenvalue weighted by Crippen LogP contribution is -2.38. The molecule has 1 saturated carbocycles. The summed E-state index contributed by atoms with van der Waals surface area (Å²) in [5.74, 6) is 2.22. The van der Waals surface area contributed by atoms with Crippen LogP contribution in [0.15, 0.2) is 0 Å². The molecule has 0 amide bonds. The summed E-state index contributed by atoms with van der Waals surface area (Å²) in [6.45, 7) is 6.12. The van der Waals surface area contributed by atoms with Crippen molar-refractivity contribution in [1.29, 1.82) is 0 Å². The van der Waals surface area contributed by atoms with Crippen LogP contribution in [0.3, 0.4) is 0 Å². The Hall–Kier alpha value is -0.410. The monoisotopic (exact) mass is 267 g/mol. The minimum Gasteiger partial charge on any atom is -0.381 e. The molecule has 3 unspecified atom stereocenters. The first kappa shape index (κ1) is 15.0. The van der Waals surface area contributed by atoms with E-state index in [2.05, 4.69) is 18.9 Å². The molecule has 1 heterocycles. The summed E-state index contributed by atoms with van der Waals surface area (Å²) in [6.07, 6.45) is 6.74. The van der Waals surface area contributed by atoms with Crippen molar-refractivity contribution < 1.29 is 9.53 Å². The lowest BCUT2D eigenvalue weighted by atomic mass is 9.79. The van der Waals surface area contributed by atoms with Crippen LogP contribution in [0, 0.1) is 17.8 Å². The third kappa shape index (κ3) is 4.57. The number of hydrogen-bond donors (Lipinski definition) is 0. The zero-order valence-corrected chi connectivity index (χ0v) is 12.6. The Morgan fingerprint density at radius 2 is 2.11 bits per heavy atom. The van der Waals surface area contributed by atoms with Crippen molar-refractivity contribution in [2.24, 2.45) is 17.8 Å². The lowest BCUT2D eigenvalue weighted by Gasteiger charge is -2.32. The highest BCUT2D eigenvalue weighted by Crippen LogP contribution is 2.29. The summed E-state index contributed by atoms with van der Waals surface area (Å²) in [7, 11) is 2.16. The molecule has 0 bridgehead atoms. The van der Waals surface area contributed by atoms with Crippen LogP contribution < -0.4 is 0 Å². The smallest absolute Gasteiger partial charge is 0.137 e. The average molecular weight is 267 g/mol. The Balaban J connectivity index is 1.76. The number of carbonyl (C=O) groups is 1. The molecule has 1 saturated heterocycles. The summed E-state index contributed by atoms with van der Waals surface area (Å²) in [4.78, 5) is 14.4. The first-order valence-corrected chi connectivity index (χ1v) is 7.98. The largest absolute Gasteiger partial charge is 0.381 e. The van der Waals surface area contributed by atoms with Gasteiger partial charge in [-0.05, 0) is 44.6 Å². The highest BCUT2D eigenvalue weighted by atomic mass is 16.5. The Morgan fingerprint density at radius 3 is 2.79 bits per heavy atom. The summed E-state index contributed by atoms with van der Waals surface area (Å²) in [6, 6.07) is 0. The van der Waals surface area contributed by atoms with Gasteiger partial charge in [-0.1, -0.05) is 13.3 Å². The average Bonchev–Trinajstić information content (AvgIpc) is 2.42. The Kier molecular flexibility index (Phi) is 5.83. The van der Waals surface area contributed by atoms with Crippen molar-refractivity contribution in [3.63, 3.8) is 0 Å². The molecule has 0 aromatic heterocycles. The van der Waals surface area contributed by atoms with Crippen LogP contribution in [0.5, 0.6) is 0 Å². The molecule has 3 nitrogen and oxygen atoms in total. The zero-order valence-electron chi connectivity index (χ0n) is 12.6. The van der Waals surface area contributed by atoms with Gasteiger partial charge in [0.2, 0.25) is 0 Å². The molecule has 1 aliphatic heterocycles. The number of carbonyl (C=O) groups excluding carboxylic acids is 1. The summed E-state index contributed by atoms with van der Waals surface area (Å²) >= 11 is 0. The van der Waals surface area contributed by atoms with Gasteiger partial charge in [-0.25, -0.2) is 0 Å². The van der Waals surface area contributed by atoms with Crippen molar-refractivity contribution in [3.8, 4) is 0 Å². The molecule has 0 N–H and O–H groups in total. The summed E-state index contributed by atoms with van der Waals surface area (Å²) < 4.78 is 5.53. The maximum absolute atomic E-state index is 12.0. The van der Waals surface area contributed by atoms with Gasteiger partial charge in [-0.2, -0.15) is 0 Å². The molecule has 2 aliphatic rings. The van der Waals surface area contributed by atoms with E-state index in [0.29, 0.717) is 11.7 Å². The number of Topliss-reactive ketones (excluding diaryl/α,β-unsaturated/α-hetero) is 1. The molecule has 110 valence electrons. The van der Waals surface area contributed by atoms with Gasteiger partial charge in [0.15, 0.2) is 0 Å². The van der Waals surface area contributed by atoms with Crippen LogP contribution >= 0.6 is 0 Å². The summed E-state index contributed by atoms with van der Waals surface area (Å²) in [5.41, 5.74) is 0. The van der Waals surface area contributed by atoms with Gasteiger partial charge < -0.3 is 9.64 Å². The van der Waals surface area contributed by atoms with Crippen LogP contribution in [0.4, 0.5) is 0 Å². The van der Waals surface area contributed by atoms with E-state index >= 15 is 0 Å². The number of ether oxygens (including phenoxy) is 1. The number of rotatable bonds is 5. The van der Waals surface area contributed by atoms with Crippen LogP contribution in [-0.4, -0.2) is 44.0 Å². The standard InChI is InChI=1S/C16H29NO2/c1-3-13-6-7-16(18)15(9-13)11-17(2)10-14-5-4-8-19-12-14/h13-15H,3-12H2,1-2H3. The number of ketones is 1. The minimum atomic E-state index is 0.285. The molecule has 3 heteroatoms. The fraction of sp³-hybridized carbons (Fsp3) is 0.938. The van der Waals surface area contributed by atoms with Gasteiger partial charge in [-0.15, -0.1) is 0 Å². The van der Waals surface area contributed by atoms with Gasteiger partial charge in [0.25, 0.3) is 0 Å². The topological polar surface area (TPSA) is 29.5 Å². The summed E-state index contributed by atoms with van der Waals surface area (Å²) in [5, 5.41) is 0. The highest BCUT2D eigenvalue weighted by Gasteiger charge is 2.29. The van der Waals surface area contributed by atoms with Crippen molar-refractivity contribution in [1.82, 2.24) is 4.90 Å². The molecule has 1 aliphatic carbocycles. The number of nitrogens with zero attached hydrogens (tertiary/aromatic N) is 1. The van der Waals surface area contributed by atoms with Crippen LogP contribution in [0.2, 0.25) is 0 Å².